The van der Waals surface area contributed by atoms with Gasteiger partial charge >= 0.3 is 14.2 Å². The summed E-state index contributed by atoms with van der Waals surface area (Å²) in [6.45, 7) is 5.44. The van der Waals surface area contributed by atoms with E-state index in [1.165, 1.54) is 138 Å². The van der Waals surface area contributed by atoms with E-state index >= 15 is 0 Å². The largest absolute Gasteiger partial charge is 0.493 e. The van der Waals surface area contributed by atoms with E-state index in [0.717, 1.165) is 31.1 Å². The fourth-order valence-electron chi connectivity index (χ4n) is 8.08. The summed E-state index contributed by atoms with van der Waals surface area (Å²) in [5.41, 5.74) is 6.21. The molecule has 1 aliphatic carbocycles. The van der Waals surface area contributed by atoms with Crippen LogP contribution in [0.5, 0.6) is 0 Å². The molecule has 0 aliphatic heterocycles. The first-order valence-corrected chi connectivity index (χ1v) is 21.1. The predicted molar refractivity (Wildman–Crippen MR) is 216 cm³/mol. The second-order valence-electron chi connectivity index (χ2n) is 15.2. The van der Waals surface area contributed by atoms with Crippen LogP contribution in [-0.4, -0.2) is 60.9 Å². The van der Waals surface area contributed by atoms with Crippen LogP contribution in [0, 0.1) is 0 Å². The van der Waals surface area contributed by atoms with Crippen molar-refractivity contribution in [2.24, 2.45) is 0 Å². The molecule has 1 aliphatic rings. The van der Waals surface area contributed by atoms with E-state index in [1.807, 2.05) is 6.07 Å². The van der Waals surface area contributed by atoms with Gasteiger partial charge in [0.15, 0.2) is 0 Å². The Morgan fingerprint density at radius 1 is 0.490 bits per heavy atom. The number of unbranched alkanes of at least 4 members (excludes halogenated alkanes) is 18. The Labute approximate surface area is 312 Å². The fourth-order valence-corrected chi connectivity index (χ4v) is 8.08. The quantitative estimate of drug-likeness (QED) is 0.0449. The van der Waals surface area contributed by atoms with E-state index in [-0.39, 0.29) is 18.6 Å². The highest BCUT2D eigenvalue weighted by atomic mass is 16.6. The first-order valence-electron chi connectivity index (χ1n) is 21.1. The molecular weight excluding hydrogens is 634 g/mol. The van der Waals surface area contributed by atoms with E-state index < -0.39 is 14.2 Å². The smallest absolute Gasteiger partial charge is 0.423 e. The Hall–Kier alpha value is -1.67. The second-order valence-corrected chi connectivity index (χ2v) is 15.2. The summed E-state index contributed by atoms with van der Waals surface area (Å²) >= 11 is 0. The average molecular weight is 707 g/mol. The molecule has 0 saturated carbocycles. The van der Waals surface area contributed by atoms with Crippen molar-refractivity contribution >= 4 is 25.2 Å². The van der Waals surface area contributed by atoms with Gasteiger partial charge in [-0.2, -0.15) is 0 Å². The van der Waals surface area contributed by atoms with Gasteiger partial charge in [0.25, 0.3) is 0 Å². The summed E-state index contributed by atoms with van der Waals surface area (Å²) in [6.07, 6.45) is 29.0. The van der Waals surface area contributed by atoms with Gasteiger partial charge in [-0.25, -0.2) is 0 Å². The summed E-state index contributed by atoms with van der Waals surface area (Å²) in [7, 11) is -2.09. The van der Waals surface area contributed by atoms with E-state index in [9.17, 15) is 20.3 Å². The lowest BCUT2D eigenvalue weighted by molar-refractivity contribution is 0.171. The molecule has 51 heavy (non-hydrogen) atoms. The molecule has 0 fully saturated rings. The molecule has 3 rings (SSSR count). The molecule has 2 aromatic rings. The van der Waals surface area contributed by atoms with Gasteiger partial charge in [-0.15, -0.1) is 0 Å². The van der Waals surface area contributed by atoms with Crippen LogP contribution in [-0.2, 0) is 14.7 Å². The maximum absolute atomic E-state index is 10.3. The van der Waals surface area contributed by atoms with Crippen LogP contribution in [0.15, 0.2) is 36.4 Å². The number of aliphatic hydroxyl groups is 2. The zero-order valence-electron chi connectivity index (χ0n) is 32.5. The zero-order valence-corrected chi connectivity index (χ0v) is 32.5. The van der Waals surface area contributed by atoms with Gasteiger partial charge < -0.3 is 29.6 Å². The molecule has 8 heteroatoms. The fraction of sp³-hybridized carbons (Fsp3) is 0.721. The van der Waals surface area contributed by atoms with Gasteiger partial charge in [-0.1, -0.05) is 179 Å². The summed E-state index contributed by atoms with van der Waals surface area (Å²) in [5, 5.41) is 39.4. The van der Waals surface area contributed by atoms with Crippen molar-refractivity contribution in [3.63, 3.8) is 0 Å². The van der Waals surface area contributed by atoms with E-state index in [4.69, 9.17) is 9.31 Å². The molecule has 0 atom stereocenters. The first-order chi connectivity index (χ1) is 25.0. The van der Waals surface area contributed by atoms with Crippen LogP contribution in [0.1, 0.15) is 179 Å². The third kappa shape index (κ3) is 14.6. The van der Waals surface area contributed by atoms with Gasteiger partial charge in [0.1, 0.15) is 0 Å². The predicted octanol–water partition coefficient (Wildman–Crippen LogP) is 8.75. The van der Waals surface area contributed by atoms with E-state index in [0.29, 0.717) is 31.5 Å². The minimum Gasteiger partial charge on any atom is -0.423 e. The summed E-state index contributed by atoms with van der Waals surface area (Å²) in [4.78, 5) is 0. The van der Waals surface area contributed by atoms with Gasteiger partial charge in [-0.3, -0.25) is 0 Å². The molecule has 0 heterocycles. The molecule has 0 radical (unpaired) electrons. The molecule has 0 aromatic heterocycles. The molecule has 0 amide bonds. The van der Waals surface area contributed by atoms with Crippen molar-refractivity contribution in [2.45, 2.75) is 173 Å². The molecule has 6 nitrogen and oxygen atoms in total. The molecular formula is C43H72B2O6. The van der Waals surface area contributed by atoms with Crippen LogP contribution in [0.2, 0.25) is 0 Å². The second kappa shape index (κ2) is 26.2. The third-order valence-corrected chi connectivity index (χ3v) is 11.0. The minimum atomic E-state index is -1.51. The number of benzene rings is 2. The third-order valence-electron chi connectivity index (χ3n) is 11.0. The number of aliphatic hydroxyl groups excluding tert-OH is 2. The minimum absolute atomic E-state index is 0.0583. The summed E-state index contributed by atoms with van der Waals surface area (Å²) in [6, 6.07) is 12.6. The van der Waals surface area contributed by atoms with E-state index in [1.54, 1.807) is 0 Å². The Morgan fingerprint density at radius 3 is 1.25 bits per heavy atom. The number of hydrogen-bond acceptors (Lipinski definition) is 6. The molecule has 4 N–H and O–H groups in total. The van der Waals surface area contributed by atoms with Crippen LogP contribution in [0.25, 0.3) is 11.1 Å². The van der Waals surface area contributed by atoms with Crippen molar-refractivity contribution in [2.75, 3.05) is 26.4 Å². The molecule has 0 bridgehead atoms. The van der Waals surface area contributed by atoms with Crippen LogP contribution < -0.4 is 10.9 Å². The van der Waals surface area contributed by atoms with Gasteiger partial charge in [-0.05, 0) is 58.9 Å². The van der Waals surface area contributed by atoms with Crippen LogP contribution in [0.3, 0.4) is 0 Å². The standard InChI is InChI=1S/C43H72B2O6/c1-3-5-7-9-11-13-15-17-19-21-29-43(30-22-20-18-16-14-12-10-8-6-4-2)41-35-37(44(48)49)25-27-39(41)40-28-26-38(36-42(40)43)45(50-33-23-31-46)51-34-24-32-47/h25-28,35-36,46-49H,3-24,29-34H2,1-2H3. The van der Waals surface area contributed by atoms with Gasteiger partial charge in [0.2, 0.25) is 0 Å². The Bertz CT molecular complexity index is 1160. The lowest BCUT2D eigenvalue weighted by Crippen LogP contribution is -2.39. The lowest BCUT2D eigenvalue weighted by atomic mass is 9.67. The van der Waals surface area contributed by atoms with Crippen molar-refractivity contribution < 1.29 is 29.6 Å². The molecule has 2 aromatic carbocycles. The topological polar surface area (TPSA) is 99.4 Å². The highest BCUT2D eigenvalue weighted by Crippen LogP contribution is 2.53. The monoisotopic (exact) mass is 707 g/mol. The van der Waals surface area contributed by atoms with E-state index in [2.05, 4.69) is 44.2 Å². The molecule has 0 saturated heterocycles. The van der Waals surface area contributed by atoms with Crippen LogP contribution >= 0.6 is 0 Å². The molecule has 0 unspecified atom stereocenters. The Balaban J connectivity index is 1.86. The maximum atomic E-state index is 10.3. The van der Waals surface area contributed by atoms with Crippen molar-refractivity contribution in [1.29, 1.82) is 0 Å². The van der Waals surface area contributed by atoms with Crippen molar-refractivity contribution in [3.8, 4) is 11.1 Å². The lowest BCUT2D eigenvalue weighted by Gasteiger charge is -2.33. The summed E-state index contributed by atoms with van der Waals surface area (Å²) in [5.74, 6) is 0. The Morgan fingerprint density at radius 2 is 0.863 bits per heavy atom. The highest BCUT2D eigenvalue weighted by Gasteiger charge is 2.43. The molecule has 0 spiro atoms. The van der Waals surface area contributed by atoms with Gasteiger partial charge in [0, 0.05) is 31.8 Å². The maximum Gasteiger partial charge on any atom is 0.493 e. The summed E-state index contributed by atoms with van der Waals surface area (Å²) < 4.78 is 12.3. The van der Waals surface area contributed by atoms with Crippen molar-refractivity contribution in [3.05, 3.63) is 47.5 Å². The first kappa shape index (κ1) is 43.7. The Kier molecular flexibility index (Phi) is 22.4. The molecule has 286 valence electrons. The van der Waals surface area contributed by atoms with Crippen LogP contribution in [0.4, 0.5) is 0 Å². The van der Waals surface area contributed by atoms with Crippen molar-refractivity contribution in [1.82, 2.24) is 0 Å². The SMILES string of the molecule is CCCCCCCCCCCCC1(CCCCCCCCCCCC)c2cc(B(O)O)ccc2-c2ccc(B(OCCCO)OCCCO)cc21. The average Bonchev–Trinajstić information content (AvgIpc) is 3.40. The zero-order chi connectivity index (χ0) is 36.6. The number of hydrogen-bond donors (Lipinski definition) is 4. The van der Waals surface area contributed by atoms with Gasteiger partial charge in [0.05, 0.1) is 0 Å². The normalized spacial score (nSPS) is 13.1. The highest BCUT2D eigenvalue weighted by molar-refractivity contribution is 6.61. The number of rotatable bonds is 32. The number of fused-ring (bicyclic) bond motifs is 3.